The maximum atomic E-state index is 14.7. The molecule has 184 valence electrons. The molecule has 36 heavy (non-hydrogen) atoms. The number of nitrogens with two attached hydrogens (primary N) is 1. The normalized spacial score (nSPS) is 14.4. The highest BCUT2D eigenvalue weighted by Crippen LogP contribution is 2.35. The van der Waals surface area contributed by atoms with E-state index < -0.39 is 15.7 Å². The maximum absolute atomic E-state index is 14.7. The first kappa shape index (κ1) is 22.2. The number of hydrogen-bond donors (Lipinski definition) is 3. The molecule has 0 radical (unpaired) electrons. The third-order valence-electron chi connectivity index (χ3n) is 6.50. The van der Waals surface area contributed by atoms with Gasteiger partial charge in [0, 0.05) is 17.7 Å². The highest BCUT2D eigenvalue weighted by atomic mass is 32.2. The van der Waals surface area contributed by atoms with E-state index in [0.717, 1.165) is 42.5 Å². The average Bonchev–Trinajstić information content (AvgIpc) is 3.37. The van der Waals surface area contributed by atoms with Crippen molar-refractivity contribution in [1.82, 2.24) is 29.3 Å². The number of halogens is 1. The summed E-state index contributed by atoms with van der Waals surface area (Å²) in [5.74, 6) is -0.773. The van der Waals surface area contributed by atoms with Gasteiger partial charge < -0.3 is 11.1 Å². The van der Waals surface area contributed by atoms with Gasteiger partial charge in [-0.2, -0.15) is 15.1 Å². The lowest BCUT2D eigenvalue weighted by Crippen LogP contribution is -2.30. The molecule has 4 N–H and O–H groups in total. The van der Waals surface area contributed by atoms with E-state index in [0.29, 0.717) is 16.9 Å². The predicted octanol–water partition coefficient (Wildman–Crippen LogP) is 3.05. The molecule has 13 heteroatoms. The van der Waals surface area contributed by atoms with Crippen molar-refractivity contribution in [1.29, 1.82) is 0 Å². The maximum Gasteiger partial charge on any atom is 0.335 e. The minimum atomic E-state index is -3.57. The monoisotopic (exact) mass is 508 g/mol. The van der Waals surface area contributed by atoms with E-state index in [9.17, 15) is 17.6 Å². The first-order chi connectivity index (χ1) is 17.2. The molecule has 0 atom stereocenters. The van der Waals surface area contributed by atoms with Crippen LogP contribution in [0, 0.1) is 5.82 Å². The van der Waals surface area contributed by atoms with Crippen LogP contribution < -0.4 is 16.7 Å². The summed E-state index contributed by atoms with van der Waals surface area (Å²) in [6.45, 7) is 0. The van der Waals surface area contributed by atoms with Crippen LogP contribution in [0.4, 0.5) is 21.8 Å². The zero-order valence-electron chi connectivity index (χ0n) is 19.1. The van der Waals surface area contributed by atoms with Crippen LogP contribution in [0.5, 0.6) is 0 Å². The van der Waals surface area contributed by atoms with Crippen molar-refractivity contribution in [3.63, 3.8) is 0 Å². The number of rotatable bonds is 5. The molecule has 3 heterocycles. The number of fused-ring (bicyclic) bond motifs is 2. The molecule has 0 unspecified atom stereocenters. The van der Waals surface area contributed by atoms with Crippen LogP contribution in [0.25, 0.3) is 27.8 Å². The van der Waals surface area contributed by atoms with Gasteiger partial charge in [0.15, 0.2) is 21.3 Å². The van der Waals surface area contributed by atoms with Gasteiger partial charge in [-0.1, -0.05) is 6.07 Å². The number of nitrogens with zero attached hydrogens (tertiary/aromatic N) is 5. The molecular formula is C23H21FN8O3S. The fourth-order valence-electron chi connectivity index (χ4n) is 4.49. The number of H-pyrrole nitrogens is 1. The first-order valence-corrected chi connectivity index (χ1v) is 13.1. The smallest absolute Gasteiger partial charge is 0.335 e. The Morgan fingerprint density at radius 1 is 1.19 bits per heavy atom. The van der Waals surface area contributed by atoms with Gasteiger partial charge in [-0.3, -0.25) is 14.2 Å². The van der Waals surface area contributed by atoms with Gasteiger partial charge in [0.25, 0.3) is 0 Å². The lowest BCUT2D eigenvalue weighted by Gasteiger charge is -2.26. The van der Waals surface area contributed by atoms with Gasteiger partial charge >= 0.3 is 5.69 Å². The van der Waals surface area contributed by atoms with Crippen LogP contribution in [0.15, 0.2) is 52.3 Å². The minimum absolute atomic E-state index is 0.0160. The Bertz CT molecular complexity index is 1840. The van der Waals surface area contributed by atoms with Crippen molar-refractivity contribution in [2.75, 3.05) is 17.3 Å². The van der Waals surface area contributed by atoms with Gasteiger partial charge in [-0.25, -0.2) is 17.6 Å². The number of aromatic nitrogens is 6. The lowest BCUT2D eigenvalue weighted by atomic mass is 9.93. The highest BCUT2D eigenvalue weighted by Gasteiger charge is 2.29. The predicted molar refractivity (Wildman–Crippen MR) is 133 cm³/mol. The number of benzene rings is 2. The Hall–Kier alpha value is -4.26. The zero-order chi connectivity index (χ0) is 25.2. The summed E-state index contributed by atoms with van der Waals surface area (Å²) in [6.07, 6.45) is 5.28. The Kier molecular flexibility index (Phi) is 4.86. The van der Waals surface area contributed by atoms with E-state index in [4.69, 9.17) is 5.73 Å². The molecule has 6 rings (SSSR count). The van der Waals surface area contributed by atoms with Crippen molar-refractivity contribution >= 4 is 49.4 Å². The molecule has 1 aliphatic rings. The number of nitrogens with one attached hydrogen (secondary N) is 2. The molecular weight excluding hydrogens is 487 g/mol. The largest absolute Gasteiger partial charge is 0.382 e. The van der Waals surface area contributed by atoms with Crippen LogP contribution in [-0.2, 0) is 9.84 Å². The van der Waals surface area contributed by atoms with Crippen LogP contribution in [0.2, 0.25) is 0 Å². The molecule has 0 bridgehead atoms. The van der Waals surface area contributed by atoms with Crippen molar-refractivity contribution in [2.24, 2.45) is 0 Å². The van der Waals surface area contributed by atoms with Crippen LogP contribution >= 0.6 is 0 Å². The summed E-state index contributed by atoms with van der Waals surface area (Å²) in [7, 11) is -3.57. The Morgan fingerprint density at radius 2 is 2.00 bits per heavy atom. The SMILES string of the molecule is CS(=O)(=O)c1ccc(Nc2nc(N)c3c(n2)n(C2CCC2)c(=O)n3-c2cccc3[nH]ncc23)c(F)c1. The van der Waals surface area contributed by atoms with Crippen molar-refractivity contribution in [3.05, 3.63) is 58.9 Å². The van der Waals surface area contributed by atoms with Crippen LogP contribution in [-0.4, -0.2) is 44.0 Å². The van der Waals surface area contributed by atoms with E-state index in [-0.39, 0.29) is 34.1 Å². The second-order valence-corrected chi connectivity index (χ2v) is 10.8. The van der Waals surface area contributed by atoms with Crippen molar-refractivity contribution < 1.29 is 12.8 Å². The summed E-state index contributed by atoms with van der Waals surface area (Å²) in [5, 5.41) is 10.5. The topological polar surface area (TPSA) is 154 Å². The molecule has 0 saturated heterocycles. The highest BCUT2D eigenvalue weighted by molar-refractivity contribution is 7.90. The molecule has 5 aromatic rings. The number of hydrogen-bond acceptors (Lipinski definition) is 8. The third-order valence-corrected chi connectivity index (χ3v) is 7.61. The third kappa shape index (κ3) is 3.42. The van der Waals surface area contributed by atoms with E-state index >= 15 is 0 Å². The minimum Gasteiger partial charge on any atom is -0.382 e. The van der Waals surface area contributed by atoms with Gasteiger partial charge in [-0.15, -0.1) is 0 Å². The molecule has 11 nitrogen and oxygen atoms in total. The van der Waals surface area contributed by atoms with Gasteiger partial charge in [0.2, 0.25) is 5.95 Å². The molecule has 1 aliphatic carbocycles. The van der Waals surface area contributed by atoms with E-state index in [1.165, 1.54) is 16.7 Å². The first-order valence-electron chi connectivity index (χ1n) is 11.2. The molecule has 1 fully saturated rings. The number of anilines is 3. The molecule has 0 spiro atoms. The number of aromatic amines is 1. The Balaban J connectivity index is 1.54. The summed E-state index contributed by atoms with van der Waals surface area (Å²) in [5.41, 5.74) is 8.06. The van der Waals surface area contributed by atoms with Crippen LogP contribution in [0.3, 0.4) is 0 Å². The Labute approximate surface area is 203 Å². The quantitative estimate of drug-likeness (QED) is 0.327. The summed E-state index contributed by atoms with van der Waals surface area (Å²) >= 11 is 0. The Morgan fingerprint density at radius 3 is 2.69 bits per heavy atom. The zero-order valence-corrected chi connectivity index (χ0v) is 19.9. The summed E-state index contributed by atoms with van der Waals surface area (Å²) in [4.78, 5) is 22.4. The molecule has 2 aromatic carbocycles. The standard InChI is InChI=1S/C23H21FN8O3S/c1-36(34,35)13-8-9-17(15(24)10-13)27-22-28-20(25)19-21(29-22)31(12-4-2-5-12)23(33)32(19)18-7-3-6-16-14(18)11-26-30-16/h3,6-12H,2,4-5H2,1H3,(H,26,30)(H3,25,27,28,29). The van der Waals surface area contributed by atoms with Crippen molar-refractivity contribution in [2.45, 2.75) is 30.2 Å². The van der Waals surface area contributed by atoms with Gasteiger partial charge in [0.1, 0.15) is 11.3 Å². The number of sulfone groups is 1. The second-order valence-electron chi connectivity index (χ2n) is 8.82. The number of nitrogen functional groups attached to an aromatic ring is 1. The van der Waals surface area contributed by atoms with Gasteiger partial charge in [0.05, 0.1) is 28.0 Å². The number of imidazole rings is 1. The van der Waals surface area contributed by atoms with E-state index in [1.807, 2.05) is 12.1 Å². The average molecular weight is 509 g/mol. The molecule has 0 aliphatic heterocycles. The molecule has 3 aromatic heterocycles. The molecule has 0 amide bonds. The van der Waals surface area contributed by atoms with E-state index in [2.05, 4.69) is 25.5 Å². The summed E-state index contributed by atoms with van der Waals surface area (Å²) in [6, 6.07) is 8.92. The van der Waals surface area contributed by atoms with Gasteiger partial charge in [-0.05, 0) is 49.6 Å². The lowest BCUT2D eigenvalue weighted by molar-refractivity contribution is 0.312. The second kappa shape index (κ2) is 7.88. The molecule has 1 saturated carbocycles. The fourth-order valence-corrected chi connectivity index (χ4v) is 5.12. The summed E-state index contributed by atoms with van der Waals surface area (Å²) < 4.78 is 41.2. The van der Waals surface area contributed by atoms with Crippen LogP contribution in [0.1, 0.15) is 25.3 Å². The van der Waals surface area contributed by atoms with E-state index in [1.54, 1.807) is 16.8 Å². The fraction of sp³-hybridized carbons (Fsp3) is 0.217. The van der Waals surface area contributed by atoms with Crippen molar-refractivity contribution in [3.8, 4) is 5.69 Å².